The van der Waals surface area contributed by atoms with Crippen molar-refractivity contribution in [2.45, 2.75) is 0 Å². The van der Waals surface area contributed by atoms with E-state index in [1.54, 1.807) is 0 Å². The molecule has 2 aromatic rings. The maximum absolute atomic E-state index is 12.1. The van der Waals surface area contributed by atoms with Crippen LogP contribution in [-0.2, 0) is 0 Å². The molecule has 4 N–H and O–H groups in total. The van der Waals surface area contributed by atoms with E-state index in [1.807, 2.05) is 0 Å². The first-order valence-electron chi connectivity index (χ1n) is 7.32. The minimum Gasteiger partial charge on any atom is -0.507 e. The number of phenols is 1. The molecular formula is C15H11N5O7S. The molecule has 0 fully saturated rings. The van der Waals surface area contributed by atoms with E-state index in [1.165, 1.54) is 24.3 Å². The Labute approximate surface area is 161 Å². The third kappa shape index (κ3) is 4.95. The summed E-state index contributed by atoms with van der Waals surface area (Å²) in [6, 6.07) is 8.06. The first-order chi connectivity index (χ1) is 13.2. The lowest BCUT2D eigenvalue weighted by atomic mass is 10.1. The summed E-state index contributed by atoms with van der Waals surface area (Å²) in [5.74, 6) is -2.00. The molecule has 13 heteroatoms. The SMILES string of the molecule is O=C(NC(=S)NNC(=O)c1ccccc1O)c1cc([N+](=O)[O-])cc([N+](=O)[O-])c1. The Hall–Kier alpha value is -4.13. The molecule has 0 aliphatic heterocycles. The molecule has 0 aromatic heterocycles. The smallest absolute Gasteiger partial charge is 0.277 e. The molecular weight excluding hydrogens is 394 g/mol. The van der Waals surface area contributed by atoms with E-state index >= 15 is 0 Å². The summed E-state index contributed by atoms with van der Waals surface area (Å²) < 4.78 is 0. The highest BCUT2D eigenvalue weighted by atomic mass is 32.1. The van der Waals surface area contributed by atoms with Gasteiger partial charge in [0.1, 0.15) is 5.75 Å². The number of thiocarbonyl (C=S) groups is 1. The molecule has 0 unspecified atom stereocenters. The fourth-order valence-electron chi connectivity index (χ4n) is 1.99. The highest BCUT2D eigenvalue weighted by Gasteiger charge is 2.20. The van der Waals surface area contributed by atoms with E-state index in [0.717, 1.165) is 12.1 Å². The summed E-state index contributed by atoms with van der Waals surface area (Å²) in [5.41, 5.74) is 2.61. The topological polar surface area (TPSA) is 177 Å². The number of nitrogens with one attached hydrogen (secondary N) is 3. The van der Waals surface area contributed by atoms with Crippen LogP contribution >= 0.6 is 12.2 Å². The van der Waals surface area contributed by atoms with Crippen LogP contribution in [0.3, 0.4) is 0 Å². The Morgan fingerprint density at radius 2 is 1.50 bits per heavy atom. The first-order valence-corrected chi connectivity index (χ1v) is 7.73. The van der Waals surface area contributed by atoms with Gasteiger partial charge in [-0.2, -0.15) is 0 Å². The van der Waals surface area contributed by atoms with E-state index < -0.39 is 33.0 Å². The van der Waals surface area contributed by atoms with Crippen molar-refractivity contribution < 1.29 is 24.5 Å². The van der Waals surface area contributed by atoms with Crippen LogP contribution in [0, 0.1) is 20.2 Å². The van der Waals surface area contributed by atoms with Gasteiger partial charge in [0.2, 0.25) is 0 Å². The van der Waals surface area contributed by atoms with Gasteiger partial charge in [-0.05, 0) is 24.4 Å². The average Bonchev–Trinajstić information content (AvgIpc) is 2.65. The maximum atomic E-state index is 12.1. The number of non-ortho nitro benzene ring substituents is 2. The van der Waals surface area contributed by atoms with Gasteiger partial charge in [0, 0.05) is 12.1 Å². The van der Waals surface area contributed by atoms with Crippen molar-refractivity contribution in [3.63, 3.8) is 0 Å². The Kier molecular flexibility index (Phi) is 6.13. The number of amides is 2. The lowest BCUT2D eigenvalue weighted by Gasteiger charge is -2.11. The second kappa shape index (κ2) is 8.50. The number of para-hydroxylation sites is 1. The van der Waals surface area contributed by atoms with Gasteiger partial charge in [0.05, 0.1) is 27.0 Å². The minimum atomic E-state index is -0.971. The zero-order chi connectivity index (χ0) is 20.8. The largest absolute Gasteiger partial charge is 0.507 e. The Bertz CT molecular complexity index is 962. The van der Waals surface area contributed by atoms with Gasteiger partial charge in [0.15, 0.2) is 5.11 Å². The van der Waals surface area contributed by atoms with E-state index in [0.29, 0.717) is 6.07 Å². The fourth-order valence-corrected chi connectivity index (χ4v) is 2.13. The quantitative estimate of drug-likeness (QED) is 0.330. The molecule has 0 aliphatic carbocycles. The molecule has 0 radical (unpaired) electrons. The minimum absolute atomic E-state index is 0.0570. The van der Waals surface area contributed by atoms with Gasteiger partial charge in [-0.1, -0.05) is 12.1 Å². The number of nitro groups is 2. The zero-order valence-electron chi connectivity index (χ0n) is 13.7. The molecule has 0 atom stereocenters. The van der Waals surface area contributed by atoms with E-state index in [4.69, 9.17) is 12.2 Å². The van der Waals surface area contributed by atoms with Crippen LogP contribution in [0.25, 0.3) is 0 Å². The van der Waals surface area contributed by atoms with Gasteiger partial charge in [-0.3, -0.25) is 46.0 Å². The van der Waals surface area contributed by atoms with Crippen LogP contribution in [0.2, 0.25) is 0 Å². The number of nitrogens with zero attached hydrogens (tertiary/aromatic N) is 2. The van der Waals surface area contributed by atoms with Gasteiger partial charge in [0.25, 0.3) is 23.2 Å². The molecule has 0 saturated carbocycles. The normalized spacial score (nSPS) is 9.86. The monoisotopic (exact) mass is 405 g/mol. The van der Waals surface area contributed by atoms with Crippen LogP contribution in [0.4, 0.5) is 11.4 Å². The summed E-state index contributed by atoms with van der Waals surface area (Å²) in [6.45, 7) is 0. The summed E-state index contributed by atoms with van der Waals surface area (Å²) in [7, 11) is 0. The lowest BCUT2D eigenvalue weighted by Crippen LogP contribution is -2.48. The van der Waals surface area contributed by atoms with Crippen LogP contribution in [0.1, 0.15) is 20.7 Å². The van der Waals surface area contributed by atoms with Gasteiger partial charge < -0.3 is 5.11 Å². The zero-order valence-corrected chi connectivity index (χ0v) is 14.6. The highest BCUT2D eigenvalue weighted by Crippen LogP contribution is 2.22. The number of hydrogen-bond acceptors (Lipinski definition) is 8. The summed E-state index contributed by atoms with van der Waals surface area (Å²) in [4.78, 5) is 44.0. The number of rotatable bonds is 4. The van der Waals surface area contributed by atoms with E-state index in [2.05, 4.69) is 16.2 Å². The third-order valence-corrected chi connectivity index (χ3v) is 3.46. The standard InChI is InChI=1S/C15H11N5O7S/c21-12-4-2-1-3-11(12)14(23)17-18-15(28)16-13(22)8-5-9(19(24)25)7-10(6-8)20(26)27/h1-7,21H,(H,17,23)(H2,16,18,22,28). The Morgan fingerprint density at radius 3 is 2.04 bits per heavy atom. The van der Waals surface area contributed by atoms with Gasteiger partial charge in [-0.25, -0.2) is 0 Å². The average molecular weight is 405 g/mol. The molecule has 0 saturated heterocycles. The van der Waals surface area contributed by atoms with Gasteiger partial charge >= 0.3 is 0 Å². The number of carbonyl (C=O) groups is 2. The maximum Gasteiger partial charge on any atom is 0.277 e. The van der Waals surface area contributed by atoms with Gasteiger partial charge in [-0.15, -0.1) is 0 Å². The van der Waals surface area contributed by atoms with E-state index in [-0.39, 0.29) is 22.0 Å². The van der Waals surface area contributed by atoms with Crippen LogP contribution in [0.5, 0.6) is 5.75 Å². The van der Waals surface area contributed by atoms with Crippen molar-refractivity contribution in [2.24, 2.45) is 0 Å². The molecule has 0 bridgehead atoms. The van der Waals surface area contributed by atoms with Crippen LogP contribution in [0.15, 0.2) is 42.5 Å². The van der Waals surface area contributed by atoms with Crippen molar-refractivity contribution in [2.75, 3.05) is 0 Å². The van der Waals surface area contributed by atoms with E-state index in [9.17, 15) is 34.9 Å². The van der Waals surface area contributed by atoms with Crippen molar-refractivity contribution >= 4 is 40.5 Å². The number of carbonyl (C=O) groups excluding carboxylic acids is 2. The molecule has 144 valence electrons. The van der Waals surface area contributed by atoms with Crippen molar-refractivity contribution in [1.82, 2.24) is 16.2 Å². The van der Waals surface area contributed by atoms with Crippen molar-refractivity contribution in [3.05, 3.63) is 73.8 Å². The second-order valence-electron chi connectivity index (χ2n) is 5.13. The Balaban J connectivity index is 2.05. The number of nitro benzene ring substituents is 2. The van der Waals surface area contributed by atoms with Crippen LogP contribution in [-0.4, -0.2) is 31.9 Å². The van der Waals surface area contributed by atoms with Crippen molar-refractivity contribution in [1.29, 1.82) is 0 Å². The Morgan fingerprint density at radius 1 is 0.929 bits per heavy atom. The predicted molar refractivity (Wildman–Crippen MR) is 98.5 cm³/mol. The lowest BCUT2D eigenvalue weighted by molar-refractivity contribution is -0.394. The summed E-state index contributed by atoms with van der Waals surface area (Å²) >= 11 is 4.81. The highest BCUT2D eigenvalue weighted by molar-refractivity contribution is 7.80. The molecule has 0 heterocycles. The summed E-state index contributed by atoms with van der Waals surface area (Å²) in [5, 5.41) is 33.0. The first kappa shape index (κ1) is 20.2. The molecule has 0 aliphatic rings. The molecule has 2 aromatic carbocycles. The molecule has 0 spiro atoms. The van der Waals surface area contributed by atoms with Crippen LogP contribution < -0.4 is 16.2 Å². The third-order valence-electron chi connectivity index (χ3n) is 3.25. The molecule has 28 heavy (non-hydrogen) atoms. The number of hydrogen-bond donors (Lipinski definition) is 4. The number of aromatic hydroxyl groups is 1. The second-order valence-corrected chi connectivity index (χ2v) is 5.54. The predicted octanol–water partition coefficient (Wildman–Crippen LogP) is 1.16. The number of phenolic OH excluding ortho intramolecular Hbond substituents is 1. The molecule has 2 amide bonds. The fraction of sp³-hybridized carbons (Fsp3) is 0. The number of benzene rings is 2. The molecule has 12 nitrogen and oxygen atoms in total. The summed E-state index contributed by atoms with van der Waals surface area (Å²) in [6.07, 6.45) is 0. The number of hydrazine groups is 1. The van der Waals surface area contributed by atoms with Crippen molar-refractivity contribution in [3.8, 4) is 5.75 Å². The molecule has 2 rings (SSSR count).